The average Bonchev–Trinajstić information content (AvgIpc) is 2.73. The van der Waals surface area contributed by atoms with E-state index in [2.05, 4.69) is 64.8 Å². The molecule has 0 saturated carbocycles. The van der Waals surface area contributed by atoms with Gasteiger partial charge in [0.25, 0.3) is 0 Å². The number of aliphatic imine (C=N–C) groups is 1. The summed E-state index contributed by atoms with van der Waals surface area (Å²) in [7, 11) is 2.14. The third kappa shape index (κ3) is 3.56. The van der Waals surface area contributed by atoms with Crippen LogP contribution >= 0.6 is 0 Å². The van der Waals surface area contributed by atoms with Crippen LogP contribution in [0.2, 0.25) is 0 Å². The fourth-order valence-electron chi connectivity index (χ4n) is 4.52. The maximum atomic E-state index is 13.6. The number of amides is 1. The SMILES string of the molecule is C=Nc1ncc2c(n1)CN(C(=O)[C@H]1CCN(C)C[C@@H]1c1ccccc1)[C@H](C)C2. The van der Waals surface area contributed by atoms with Crippen molar-refractivity contribution in [2.24, 2.45) is 10.9 Å². The van der Waals surface area contributed by atoms with Gasteiger partial charge in [0.1, 0.15) is 0 Å². The van der Waals surface area contributed by atoms with E-state index in [9.17, 15) is 4.79 Å². The van der Waals surface area contributed by atoms with Crippen molar-refractivity contribution in [3.63, 3.8) is 0 Å². The van der Waals surface area contributed by atoms with E-state index >= 15 is 0 Å². The number of likely N-dealkylation sites (tertiary alicyclic amines) is 1. The molecule has 1 aromatic heterocycles. The molecule has 146 valence electrons. The summed E-state index contributed by atoms with van der Waals surface area (Å²) >= 11 is 0. The van der Waals surface area contributed by atoms with Gasteiger partial charge >= 0.3 is 0 Å². The molecule has 1 fully saturated rings. The van der Waals surface area contributed by atoms with Gasteiger partial charge in [0.05, 0.1) is 12.2 Å². The molecule has 0 N–H and O–H groups in total. The molecule has 2 aliphatic rings. The molecular weight excluding hydrogens is 350 g/mol. The molecular formula is C22H27N5O. The highest BCUT2D eigenvalue weighted by Crippen LogP contribution is 2.35. The Balaban J connectivity index is 1.60. The number of nitrogens with zero attached hydrogens (tertiary/aromatic N) is 5. The normalized spacial score (nSPS) is 25.2. The Morgan fingerprint density at radius 2 is 2.07 bits per heavy atom. The molecule has 2 aromatic rings. The molecule has 28 heavy (non-hydrogen) atoms. The molecule has 4 rings (SSSR count). The van der Waals surface area contributed by atoms with Crippen LogP contribution in [0.1, 0.15) is 36.1 Å². The minimum absolute atomic E-state index is 0.00133. The first-order valence-electron chi connectivity index (χ1n) is 9.92. The predicted molar refractivity (Wildman–Crippen MR) is 110 cm³/mol. The van der Waals surface area contributed by atoms with Gasteiger partial charge in [-0.05, 0) is 51.2 Å². The van der Waals surface area contributed by atoms with Crippen molar-refractivity contribution in [3.05, 3.63) is 53.3 Å². The Labute approximate surface area is 166 Å². The predicted octanol–water partition coefficient (Wildman–Crippen LogP) is 2.82. The van der Waals surface area contributed by atoms with Crippen molar-refractivity contribution in [3.8, 4) is 0 Å². The van der Waals surface area contributed by atoms with Crippen LogP contribution in [0.3, 0.4) is 0 Å². The Morgan fingerprint density at radius 1 is 1.29 bits per heavy atom. The van der Waals surface area contributed by atoms with Crippen LogP contribution in [0.15, 0.2) is 41.5 Å². The fourth-order valence-corrected chi connectivity index (χ4v) is 4.52. The van der Waals surface area contributed by atoms with Crippen LogP contribution in [0, 0.1) is 5.92 Å². The quantitative estimate of drug-likeness (QED) is 0.772. The van der Waals surface area contributed by atoms with Gasteiger partial charge in [-0.1, -0.05) is 30.3 Å². The van der Waals surface area contributed by atoms with Crippen molar-refractivity contribution in [1.29, 1.82) is 0 Å². The Morgan fingerprint density at radius 3 is 2.82 bits per heavy atom. The summed E-state index contributed by atoms with van der Waals surface area (Å²) in [6, 6.07) is 10.6. The van der Waals surface area contributed by atoms with Crippen molar-refractivity contribution in [1.82, 2.24) is 19.8 Å². The van der Waals surface area contributed by atoms with Gasteiger partial charge in [-0.15, -0.1) is 0 Å². The number of benzene rings is 1. The Kier molecular flexibility index (Phi) is 5.22. The van der Waals surface area contributed by atoms with Crippen LogP contribution < -0.4 is 0 Å². The smallest absolute Gasteiger partial charge is 0.248 e. The topological polar surface area (TPSA) is 61.7 Å². The summed E-state index contributed by atoms with van der Waals surface area (Å²) < 4.78 is 0. The highest BCUT2D eigenvalue weighted by molar-refractivity contribution is 5.80. The molecule has 1 saturated heterocycles. The van der Waals surface area contributed by atoms with Gasteiger partial charge < -0.3 is 9.80 Å². The molecule has 0 unspecified atom stereocenters. The average molecular weight is 377 g/mol. The molecule has 6 nitrogen and oxygen atoms in total. The number of aromatic nitrogens is 2. The summed E-state index contributed by atoms with van der Waals surface area (Å²) in [5.74, 6) is 0.840. The summed E-state index contributed by atoms with van der Waals surface area (Å²) in [6.45, 7) is 8.01. The fraction of sp³-hybridized carbons (Fsp3) is 0.455. The van der Waals surface area contributed by atoms with Crippen LogP contribution in [-0.4, -0.2) is 58.6 Å². The van der Waals surface area contributed by atoms with E-state index in [0.29, 0.717) is 12.5 Å². The third-order valence-electron chi connectivity index (χ3n) is 6.09. The summed E-state index contributed by atoms with van der Waals surface area (Å²) in [4.78, 5) is 30.5. The van der Waals surface area contributed by atoms with E-state index in [1.165, 1.54) is 5.56 Å². The second-order valence-electron chi connectivity index (χ2n) is 7.99. The maximum Gasteiger partial charge on any atom is 0.248 e. The van der Waals surface area contributed by atoms with E-state index in [1.807, 2.05) is 17.2 Å². The van der Waals surface area contributed by atoms with Gasteiger partial charge in [-0.3, -0.25) is 4.79 Å². The lowest BCUT2D eigenvalue weighted by molar-refractivity contribution is -0.141. The minimum Gasteiger partial charge on any atom is -0.333 e. The lowest BCUT2D eigenvalue weighted by Gasteiger charge is -2.41. The minimum atomic E-state index is 0.00133. The Hall–Kier alpha value is -2.60. The first-order valence-corrected chi connectivity index (χ1v) is 9.92. The van der Waals surface area contributed by atoms with Crippen LogP contribution in [0.4, 0.5) is 5.95 Å². The van der Waals surface area contributed by atoms with Crippen molar-refractivity contribution in [2.45, 2.75) is 38.3 Å². The van der Waals surface area contributed by atoms with Gasteiger partial charge in [0.2, 0.25) is 11.9 Å². The zero-order chi connectivity index (χ0) is 19.7. The number of piperidine rings is 1. The number of rotatable bonds is 3. The second-order valence-corrected chi connectivity index (χ2v) is 7.99. The summed E-state index contributed by atoms with van der Waals surface area (Å²) in [6.07, 6.45) is 3.49. The molecule has 0 spiro atoms. The highest BCUT2D eigenvalue weighted by Gasteiger charge is 2.39. The number of hydrogen-bond acceptors (Lipinski definition) is 5. The van der Waals surface area contributed by atoms with E-state index in [1.54, 1.807) is 0 Å². The summed E-state index contributed by atoms with van der Waals surface area (Å²) in [5.41, 5.74) is 3.25. The van der Waals surface area contributed by atoms with Crippen molar-refractivity contribution in [2.75, 3.05) is 20.1 Å². The lowest BCUT2D eigenvalue weighted by Crippen LogP contribution is -2.50. The van der Waals surface area contributed by atoms with E-state index in [4.69, 9.17) is 0 Å². The molecule has 2 aliphatic heterocycles. The lowest BCUT2D eigenvalue weighted by atomic mass is 9.79. The molecule has 3 atom stereocenters. The number of likely N-dealkylation sites (N-methyl/N-ethyl adjacent to an activating group) is 1. The number of fused-ring (bicyclic) bond motifs is 1. The van der Waals surface area contributed by atoms with E-state index < -0.39 is 0 Å². The van der Waals surface area contributed by atoms with E-state index in [0.717, 1.165) is 37.2 Å². The van der Waals surface area contributed by atoms with E-state index in [-0.39, 0.29) is 23.8 Å². The Bertz CT molecular complexity index is 868. The second kappa shape index (κ2) is 7.80. The molecule has 1 amide bonds. The monoisotopic (exact) mass is 377 g/mol. The van der Waals surface area contributed by atoms with Gasteiger partial charge in [0, 0.05) is 30.6 Å². The van der Waals surface area contributed by atoms with Crippen molar-refractivity contribution < 1.29 is 4.79 Å². The standard InChI is InChI=1S/C22H27N5O/c1-15-11-17-12-24-22(23-2)25-20(17)14-27(15)21(28)18-9-10-26(3)13-19(18)16-7-5-4-6-8-16/h4-8,12,15,18-19H,2,9-11,13-14H2,1,3H3/t15-,18+,19-/m1/s1. The van der Waals surface area contributed by atoms with Gasteiger partial charge in [-0.25, -0.2) is 15.0 Å². The highest BCUT2D eigenvalue weighted by atomic mass is 16.2. The van der Waals surface area contributed by atoms with Crippen LogP contribution in [0.5, 0.6) is 0 Å². The first kappa shape index (κ1) is 18.7. The zero-order valence-electron chi connectivity index (χ0n) is 16.6. The number of hydrogen-bond donors (Lipinski definition) is 0. The van der Waals surface area contributed by atoms with Gasteiger partial charge in [-0.2, -0.15) is 0 Å². The molecule has 0 bridgehead atoms. The number of carbonyl (C=O) groups excluding carboxylic acids is 1. The van der Waals surface area contributed by atoms with Crippen LogP contribution in [-0.2, 0) is 17.8 Å². The first-order chi connectivity index (χ1) is 13.6. The largest absolute Gasteiger partial charge is 0.333 e. The third-order valence-corrected chi connectivity index (χ3v) is 6.09. The van der Waals surface area contributed by atoms with Gasteiger partial charge in [0.15, 0.2) is 0 Å². The number of carbonyl (C=O) groups is 1. The van der Waals surface area contributed by atoms with Crippen molar-refractivity contribution >= 4 is 18.6 Å². The molecule has 0 aliphatic carbocycles. The van der Waals surface area contributed by atoms with Crippen LogP contribution in [0.25, 0.3) is 0 Å². The molecule has 0 radical (unpaired) electrons. The maximum absolute atomic E-state index is 13.6. The molecule has 3 heterocycles. The molecule has 6 heteroatoms. The summed E-state index contributed by atoms with van der Waals surface area (Å²) in [5, 5.41) is 0. The molecule has 1 aromatic carbocycles. The zero-order valence-corrected chi connectivity index (χ0v) is 16.6.